The topological polar surface area (TPSA) is 23.9 Å². The molecular formula is C68H57BN4OS. The van der Waals surface area contributed by atoms with Gasteiger partial charge in [0.05, 0.1) is 28.1 Å². The van der Waals surface area contributed by atoms with Gasteiger partial charge in [-0.25, -0.2) is 0 Å². The first kappa shape index (κ1) is 44.5. The van der Waals surface area contributed by atoms with E-state index in [1.807, 2.05) is 11.3 Å². The van der Waals surface area contributed by atoms with Crippen LogP contribution in [0.15, 0.2) is 194 Å². The van der Waals surface area contributed by atoms with Crippen molar-refractivity contribution >= 4 is 117 Å². The van der Waals surface area contributed by atoms with Gasteiger partial charge < -0.3 is 24.0 Å². The maximum absolute atomic E-state index is 7.65. The highest BCUT2D eigenvalue weighted by Gasteiger charge is 2.47. The summed E-state index contributed by atoms with van der Waals surface area (Å²) in [6.07, 6.45) is 2.30. The minimum Gasteiger partial charge on any atom is -0.453 e. The fourth-order valence-corrected chi connectivity index (χ4v) is 14.6. The van der Waals surface area contributed by atoms with Gasteiger partial charge in [0, 0.05) is 65.4 Å². The van der Waals surface area contributed by atoms with E-state index in [2.05, 4.69) is 262 Å². The molecule has 0 radical (unpaired) electrons. The summed E-state index contributed by atoms with van der Waals surface area (Å²) in [6.45, 7) is 16.6. The van der Waals surface area contributed by atoms with E-state index in [-0.39, 0.29) is 23.0 Å². The standard InChI is InChI=1S/C68H57BN4OS/c1-66(2,3)42-29-36-60-48(39-42)63-65(75-60)69-51-33-31-46-41-57(51)73(56-27-18-26-55(62(56)69)72(63)44-21-12-9-13-22-44)64-59(35-34-54-61(64)47-23-14-15-24-52(47)71(54)43-19-10-8-11-20-43)74-58-28-17-16-25-53(58)70(46)45-30-32-49-50(40-45)68(6,7)38-37-67(49,4)5/h8-36,39-41H,37-38H2,1-7H3. The van der Waals surface area contributed by atoms with Gasteiger partial charge in [0.2, 0.25) is 0 Å². The molecule has 0 saturated carbocycles. The number of ether oxygens (including phenoxy) is 1. The molecule has 0 unspecified atom stereocenters. The van der Waals surface area contributed by atoms with E-state index >= 15 is 0 Å². The first-order valence-corrected chi connectivity index (χ1v) is 27.5. The average Bonchev–Trinajstić information content (AvgIpc) is 3.98. The van der Waals surface area contributed by atoms with Crippen LogP contribution in [-0.2, 0) is 16.2 Å². The third-order valence-electron chi connectivity index (χ3n) is 17.1. The molecule has 0 saturated heterocycles. The van der Waals surface area contributed by atoms with Crippen molar-refractivity contribution in [1.29, 1.82) is 0 Å². The van der Waals surface area contributed by atoms with Crippen LogP contribution >= 0.6 is 11.3 Å². The van der Waals surface area contributed by atoms with Crippen LogP contribution < -0.4 is 35.1 Å². The molecule has 1 aliphatic carbocycles. The van der Waals surface area contributed by atoms with Crippen molar-refractivity contribution in [3.05, 3.63) is 211 Å². The minimum absolute atomic E-state index is 0.0153. The summed E-state index contributed by atoms with van der Waals surface area (Å²) in [4.78, 5) is 7.60. The Balaban J connectivity index is 1.08. The van der Waals surface area contributed by atoms with Crippen molar-refractivity contribution in [2.24, 2.45) is 0 Å². The number of thiophene rings is 1. The van der Waals surface area contributed by atoms with Gasteiger partial charge in [0.1, 0.15) is 0 Å². The van der Waals surface area contributed by atoms with Crippen LogP contribution in [0.3, 0.4) is 0 Å². The van der Waals surface area contributed by atoms with Gasteiger partial charge in [-0.05, 0) is 160 Å². The van der Waals surface area contributed by atoms with Crippen LogP contribution in [0.4, 0.5) is 51.2 Å². The monoisotopic (exact) mass is 988 g/mol. The molecule has 5 nitrogen and oxygen atoms in total. The first-order valence-electron chi connectivity index (χ1n) is 26.7. The van der Waals surface area contributed by atoms with Crippen LogP contribution in [0.1, 0.15) is 78.0 Å². The summed E-state index contributed by atoms with van der Waals surface area (Å²) in [5.74, 6) is 1.58. The summed E-state index contributed by atoms with van der Waals surface area (Å²) >= 11 is 1.95. The number of nitrogens with zero attached hydrogens (tertiary/aromatic N) is 4. The number of aromatic nitrogens is 1. The molecule has 5 heterocycles. The Hall–Kier alpha value is -8.00. The molecule has 7 heteroatoms. The minimum atomic E-state index is -0.0494. The molecule has 0 spiro atoms. The molecule has 75 heavy (non-hydrogen) atoms. The predicted molar refractivity (Wildman–Crippen MR) is 319 cm³/mol. The highest BCUT2D eigenvalue weighted by Crippen LogP contribution is 2.56. The lowest BCUT2D eigenvalue weighted by Crippen LogP contribution is -2.60. The summed E-state index contributed by atoms with van der Waals surface area (Å²) in [7, 11) is 0. The van der Waals surface area contributed by atoms with Gasteiger partial charge in [-0.1, -0.05) is 139 Å². The van der Waals surface area contributed by atoms with Gasteiger partial charge in [-0.15, -0.1) is 11.3 Å². The third kappa shape index (κ3) is 6.43. The van der Waals surface area contributed by atoms with E-state index in [0.717, 1.165) is 86.3 Å². The van der Waals surface area contributed by atoms with Crippen LogP contribution in [-0.4, -0.2) is 11.3 Å². The van der Waals surface area contributed by atoms with E-state index < -0.39 is 0 Å². The van der Waals surface area contributed by atoms with Gasteiger partial charge in [-0.3, -0.25) is 0 Å². The second-order valence-corrected chi connectivity index (χ2v) is 24.6. The molecule has 4 aliphatic rings. The van der Waals surface area contributed by atoms with E-state index in [1.165, 1.54) is 59.2 Å². The number of hydrogen-bond acceptors (Lipinski definition) is 5. The van der Waals surface area contributed by atoms with Gasteiger partial charge in [0.15, 0.2) is 11.5 Å². The van der Waals surface area contributed by atoms with E-state index in [9.17, 15) is 0 Å². The zero-order chi connectivity index (χ0) is 50.7. The Morgan fingerprint density at radius 3 is 1.93 bits per heavy atom. The number of rotatable bonds is 3. The second-order valence-electron chi connectivity index (χ2n) is 23.6. The van der Waals surface area contributed by atoms with Gasteiger partial charge in [-0.2, -0.15) is 0 Å². The predicted octanol–water partition coefficient (Wildman–Crippen LogP) is 17.3. The van der Waals surface area contributed by atoms with Crippen molar-refractivity contribution in [2.45, 2.75) is 77.6 Å². The van der Waals surface area contributed by atoms with Crippen molar-refractivity contribution in [1.82, 2.24) is 4.57 Å². The molecule has 2 aromatic heterocycles. The summed E-state index contributed by atoms with van der Waals surface area (Å²) in [5, 5.41) is 3.61. The molecule has 0 N–H and O–H groups in total. The van der Waals surface area contributed by atoms with Crippen LogP contribution in [0.5, 0.6) is 11.5 Å². The SMILES string of the molecule is CC(C)(C)c1ccc2sc3c(c2c1)N(c1ccccc1)c1cccc2c1B3c1ccc3cc1N2c1c(ccc2c1c1ccccc1n2-c1ccccc1)Oc1ccccc1N3c1ccc2c(c1)C(C)(C)CCC2(C)C. The van der Waals surface area contributed by atoms with Crippen molar-refractivity contribution in [3.8, 4) is 17.2 Å². The average molecular weight is 989 g/mol. The maximum atomic E-state index is 7.65. The van der Waals surface area contributed by atoms with E-state index in [4.69, 9.17) is 4.74 Å². The van der Waals surface area contributed by atoms with Gasteiger partial charge in [0.25, 0.3) is 6.71 Å². The quantitative estimate of drug-likeness (QED) is 0.165. The Labute approximate surface area is 444 Å². The highest BCUT2D eigenvalue weighted by molar-refractivity contribution is 7.33. The Bertz CT molecular complexity index is 4180. The smallest absolute Gasteiger partial charge is 0.264 e. The van der Waals surface area contributed by atoms with Crippen LogP contribution in [0.25, 0.3) is 37.6 Å². The Kier molecular flexibility index (Phi) is 9.35. The van der Waals surface area contributed by atoms with Crippen LogP contribution in [0.2, 0.25) is 0 Å². The number of hydrogen-bond donors (Lipinski definition) is 0. The van der Waals surface area contributed by atoms with Gasteiger partial charge >= 0.3 is 0 Å². The highest BCUT2D eigenvalue weighted by atomic mass is 32.1. The number of anilines is 9. The molecule has 2 bridgehead atoms. The lowest BCUT2D eigenvalue weighted by atomic mass is 9.36. The van der Waals surface area contributed by atoms with E-state index in [1.54, 1.807) is 0 Å². The Morgan fingerprint density at radius 2 is 1.15 bits per heavy atom. The fraction of sp³-hybridized carbons (Fsp3) is 0.176. The first-order chi connectivity index (χ1) is 36.3. The lowest BCUT2D eigenvalue weighted by Gasteiger charge is -2.44. The molecule has 364 valence electrons. The second kappa shape index (κ2) is 15.8. The number of fused-ring (bicyclic) bond motifs is 15. The summed E-state index contributed by atoms with van der Waals surface area (Å²) < 4.78 is 12.7. The Morgan fingerprint density at radius 1 is 0.480 bits per heavy atom. The summed E-state index contributed by atoms with van der Waals surface area (Å²) in [5.41, 5.74) is 20.4. The summed E-state index contributed by atoms with van der Waals surface area (Å²) in [6, 6.07) is 72.7. The molecular weight excluding hydrogens is 932 g/mol. The fourth-order valence-electron chi connectivity index (χ4n) is 13.3. The molecule has 11 aromatic rings. The molecule has 3 aliphatic heterocycles. The van der Waals surface area contributed by atoms with Crippen molar-refractivity contribution in [2.75, 3.05) is 14.7 Å². The maximum Gasteiger partial charge on any atom is 0.264 e. The molecule has 0 fully saturated rings. The lowest BCUT2D eigenvalue weighted by molar-refractivity contribution is 0.332. The molecule has 9 aromatic carbocycles. The van der Waals surface area contributed by atoms with Crippen molar-refractivity contribution in [3.63, 3.8) is 0 Å². The molecule has 0 atom stereocenters. The van der Waals surface area contributed by atoms with E-state index in [0.29, 0.717) is 0 Å². The zero-order valence-electron chi connectivity index (χ0n) is 43.6. The number of para-hydroxylation sites is 5. The normalized spacial score (nSPS) is 15.8. The van der Waals surface area contributed by atoms with Crippen molar-refractivity contribution < 1.29 is 4.74 Å². The molecule has 15 rings (SSSR count). The molecule has 0 amide bonds. The van der Waals surface area contributed by atoms with Crippen LogP contribution in [0, 0.1) is 0 Å². The largest absolute Gasteiger partial charge is 0.453 e. The number of benzene rings is 9. The third-order valence-corrected chi connectivity index (χ3v) is 18.4. The zero-order valence-corrected chi connectivity index (χ0v) is 44.4.